The Balaban J connectivity index is 2.35. The molecule has 4 nitrogen and oxygen atoms in total. The molecule has 0 atom stereocenters. The lowest BCUT2D eigenvalue weighted by Gasteiger charge is -2.04. The van der Waals surface area contributed by atoms with Crippen LogP contribution in [0.5, 0.6) is 5.75 Å². The molecule has 0 aliphatic carbocycles. The molecule has 0 saturated carbocycles. The molecule has 19 heavy (non-hydrogen) atoms. The van der Waals surface area contributed by atoms with Crippen LogP contribution in [0, 0.1) is 0 Å². The first-order chi connectivity index (χ1) is 9.19. The van der Waals surface area contributed by atoms with Crippen LogP contribution >= 0.6 is 0 Å². The van der Waals surface area contributed by atoms with Crippen LogP contribution in [0.3, 0.4) is 0 Å². The third-order valence-corrected chi connectivity index (χ3v) is 3.18. The van der Waals surface area contributed by atoms with E-state index in [4.69, 9.17) is 14.3 Å². The van der Waals surface area contributed by atoms with Crippen molar-refractivity contribution < 1.29 is 19.1 Å². The van der Waals surface area contributed by atoms with Crippen molar-refractivity contribution in [2.75, 3.05) is 7.11 Å². The topological polar surface area (TPSA) is 59.7 Å². The SMILES string of the molecule is COc1ccc2ccc3occ(CC(=O)O)c3c2c1. The number of carbonyl (C=O) groups is 1. The van der Waals surface area contributed by atoms with Crippen molar-refractivity contribution in [3.63, 3.8) is 0 Å². The van der Waals surface area contributed by atoms with Crippen LogP contribution in [0.15, 0.2) is 41.0 Å². The second-order valence-corrected chi connectivity index (χ2v) is 4.36. The van der Waals surface area contributed by atoms with Gasteiger partial charge < -0.3 is 14.3 Å². The number of ether oxygens (including phenoxy) is 1. The zero-order valence-corrected chi connectivity index (χ0v) is 10.3. The van der Waals surface area contributed by atoms with Crippen LogP contribution in [0.25, 0.3) is 21.7 Å². The Morgan fingerprint density at radius 2 is 2.11 bits per heavy atom. The molecule has 3 aromatic rings. The standard InChI is InChI=1S/C15H12O4/c1-18-11-4-2-9-3-5-13-15(12(9)7-11)10(8-19-13)6-14(16)17/h2-5,7-8H,6H2,1H3,(H,16,17). The summed E-state index contributed by atoms with van der Waals surface area (Å²) in [4.78, 5) is 10.9. The van der Waals surface area contributed by atoms with Gasteiger partial charge in [-0.15, -0.1) is 0 Å². The third-order valence-electron chi connectivity index (χ3n) is 3.18. The number of hydrogen-bond donors (Lipinski definition) is 1. The minimum atomic E-state index is -0.873. The van der Waals surface area contributed by atoms with E-state index in [-0.39, 0.29) is 6.42 Å². The van der Waals surface area contributed by atoms with Crippen molar-refractivity contribution in [1.29, 1.82) is 0 Å². The van der Waals surface area contributed by atoms with Crippen LogP contribution in [0.1, 0.15) is 5.56 Å². The number of methoxy groups -OCH3 is 1. The first-order valence-electron chi connectivity index (χ1n) is 5.87. The number of aliphatic carboxylic acids is 1. The van der Waals surface area contributed by atoms with Gasteiger partial charge in [-0.1, -0.05) is 12.1 Å². The van der Waals surface area contributed by atoms with Crippen molar-refractivity contribution in [3.05, 3.63) is 42.2 Å². The van der Waals surface area contributed by atoms with E-state index in [1.807, 2.05) is 30.3 Å². The van der Waals surface area contributed by atoms with Crippen molar-refractivity contribution in [1.82, 2.24) is 0 Å². The Morgan fingerprint density at radius 1 is 1.32 bits per heavy atom. The third kappa shape index (κ3) is 1.91. The smallest absolute Gasteiger partial charge is 0.307 e. The highest BCUT2D eigenvalue weighted by molar-refractivity contribution is 6.08. The number of carboxylic acid groups (broad SMARTS) is 1. The van der Waals surface area contributed by atoms with Crippen molar-refractivity contribution in [2.45, 2.75) is 6.42 Å². The van der Waals surface area contributed by atoms with Gasteiger partial charge >= 0.3 is 5.97 Å². The van der Waals surface area contributed by atoms with Crippen LogP contribution in [-0.4, -0.2) is 18.2 Å². The number of carboxylic acids is 1. The molecule has 0 aliphatic heterocycles. The highest BCUT2D eigenvalue weighted by Crippen LogP contribution is 2.32. The Kier molecular flexibility index (Phi) is 2.63. The van der Waals surface area contributed by atoms with Gasteiger partial charge in [-0.05, 0) is 29.0 Å². The molecule has 1 aromatic heterocycles. The van der Waals surface area contributed by atoms with E-state index < -0.39 is 5.97 Å². The number of rotatable bonds is 3. The summed E-state index contributed by atoms with van der Waals surface area (Å²) in [6.45, 7) is 0. The second-order valence-electron chi connectivity index (χ2n) is 4.36. The molecule has 3 rings (SSSR count). The lowest BCUT2D eigenvalue weighted by atomic mass is 10.0. The van der Waals surface area contributed by atoms with E-state index in [0.717, 1.165) is 21.9 Å². The number of fused-ring (bicyclic) bond motifs is 3. The zero-order valence-electron chi connectivity index (χ0n) is 10.3. The predicted octanol–water partition coefficient (Wildman–Crippen LogP) is 3.22. The highest BCUT2D eigenvalue weighted by Gasteiger charge is 2.13. The summed E-state index contributed by atoms with van der Waals surface area (Å²) < 4.78 is 10.6. The molecule has 0 radical (unpaired) electrons. The molecule has 0 fully saturated rings. The van der Waals surface area contributed by atoms with Crippen molar-refractivity contribution in [3.8, 4) is 5.75 Å². The molecule has 0 unspecified atom stereocenters. The molecule has 2 aromatic carbocycles. The monoisotopic (exact) mass is 256 g/mol. The minimum Gasteiger partial charge on any atom is -0.497 e. The van der Waals surface area contributed by atoms with Crippen LogP contribution in [0.4, 0.5) is 0 Å². The summed E-state index contributed by atoms with van der Waals surface area (Å²) in [6, 6.07) is 9.54. The first-order valence-corrected chi connectivity index (χ1v) is 5.87. The molecular formula is C15H12O4. The quantitative estimate of drug-likeness (QED) is 0.781. The van der Waals surface area contributed by atoms with Gasteiger partial charge in [-0.25, -0.2) is 0 Å². The van der Waals surface area contributed by atoms with Gasteiger partial charge in [-0.3, -0.25) is 4.79 Å². The molecule has 1 heterocycles. The summed E-state index contributed by atoms with van der Waals surface area (Å²) in [5, 5.41) is 11.8. The maximum Gasteiger partial charge on any atom is 0.307 e. The van der Waals surface area contributed by atoms with E-state index in [9.17, 15) is 4.79 Å². The maximum absolute atomic E-state index is 10.9. The highest BCUT2D eigenvalue weighted by atomic mass is 16.5. The maximum atomic E-state index is 10.9. The van der Waals surface area contributed by atoms with E-state index in [2.05, 4.69) is 0 Å². The second kappa shape index (κ2) is 4.31. The van der Waals surface area contributed by atoms with Gasteiger partial charge in [0.15, 0.2) is 0 Å². The molecule has 0 amide bonds. The normalized spacial score (nSPS) is 11.0. The molecule has 96 valence electrons. The minimum absolute atomic E-state index is 0.0523. The van der Waals surface area contributed by atoms with E-state index in [1.54, 1.807) is 7.11 Å². The summed E-state index contributed by atoms with van der Waals surface area (Å²) in [5.41, 5.74) is 1.37. The van der Waals surface area contributed by atoms with E-state index >= 15 is 0 Å². The molecule has 1 N–H and O–H groups in total. The molecule has 0 aliphatic rings. The molecule has 4 heteroatoms. The largest absolute Gasteiger partial charge is 0.497 e. The zero-order chi connectivity index (χ0) is 13.4. The van der Waals surface area contributed by atoms with Crippen LogP contribution in [-0.2, 0) is 11.2 Å². The summed E-state index contributed by atoms with van der Waals surface area (Å²) >= 11 is 0. The molecule has 0 bridgehead atoms. The summed E-state index contributed by atoms with van der Waals surface area (Å²) in [7, 11) is 1.61. The van der Waals surface area contributed by atoms with Gasteiger partial charge in [0, 0.05) is 10.9 Å². The predicted molar refractivity (Wildman–Crippen MR) is 71.6 cm³/mol. The van der Waals surface area contributed by atoms with Crippen LogP contribution < -0.4 is 4.74 Å². The Bertz CT molecular complexity index is 770. The van der Waals surface area contributed by atoms with Crippen molar-refractivity contribution >= 4 is 27.7 Å². The fourth-order valence-corrected chi connectivity index (χ4v) is 2.32. The summed E-state index contributed by atoms with van der Waals surface area (Å²) in [5.74, 6) is -0.134. The lowest BCUT2D eigenvalue weighted by molar-refractivity contribution is -0.136. The average molecular weight is 256 g/mol. The molecule has 0 spiro atoms. The fraction of sp³-hybridized carbons (Fsp3) is 0.133. The molecule has 0 saturated heterocycles. The van der Waals surface area contributed by atoms with Crippen molar-refractivity contribution in [2.24, 2.45) is 0 Å². The Labute approximate surface area is 109 Å². The first kappa shape index (κ1) is 11.6. The van der Waals surface area contributed by atoms with Gasteiger partial charge in [0.1, 0.15) is 11.3 Å². The van der Waals surface area contributed by atoms with Crippen LogP contribution in [0.2, 0.25) is 0 Å². The lowest BCUT2D eigenvalue weighted by Crippen LogP contribution is -1.98. The number of benzene rings is 2. The van der Waals surface area contributed by atoms with Gasteiger partial charge in [0.05, 0.1) is 19.8 Å². The number of hydrogen-bond acceptors (Lipinski definition) is 3. The van der Waals surface area contributed by atoms with Gasteiger partial charge in [0.2, 0.25) is 0 Å². The molecular weight excluding hydrogens is 244 g/mol. The van der Waals surface area contributed by atoms with E-state index in [0.29, 0.717) is 11.1 Å². The Hall–Kier alpha value is -2.49. The summed E-state index contributed by atoms with van der Waals surface area (Å²) in [6.07, 6.45) is 1.46. The Morgan fingerprint density at radius 3 is 2.84 bits per heavy atom. The fourth-order valence-electron chi connectivity index (χ4n) is 2.32. The van der Waals surface area contributed by atoms with E-state index in [1.165, 1.54) is 6.26 Å². The average Bonchev–Trinajstić information content (AvgIpc) is 2.81. The van der Waals surface area contributed by atoms with Gasteiger partial charge in [0.25, 0.3) is 0 Å². The number of furan rings is 1. The van der Waals surface area contributed by atoms with Gasteiger partial charge in [-0.2, -0.15) is 0 Å².